The smallest absolute Gasteiger partial charge is 0.263 e. The van der Waals surface area contributed by atoms with Gasteiger partial charge in [-0.3, -0.25) is 9.36 Å². The first-order valence-corrected chi connectivity index (χ1v) is 9.64. The van der Waals surface area contributed by atoms with Gasteiger partial charge in [-0.2, -0.15) is 0 Å². The molecule has 2 aromatic heterocycles. The van der Waals surface area contributed by atoms with E-state index in [-0.39, 0.29) is 5.56 Å². The SMILES string of the molecule is Cc1ccc(-c2c(C)sc3[nH]c(=S)n(Cc4ccccc4)c(=O)c23)cc1. The van der Waals surface area contributed by atoms with Crippen LogP contribution in [-0.2, 0) is 6.54 Å². The lowest BCUT2D eigenvalue weighted by Gasteiger charge is -2.08. The molecule has 26 heavy (non-hydrogen) atoms. The van der Waals surface area contributed by atoms with Gasteiger partial charge in [0.2, 0.25) is 0 Å². The first-order valence-electron chi connectivity index (χ1n) is 8.42. The molecule has 3 nitrogen and oxygen atoms in total. The zero-order valence-electron chi connectivity index (χ0n) is 14.6. The minimum Gasteiger partial charge on any atom is -0.323 e. The average molecular weight is 379 g/mol. The Morgan fingerprint density at radius 2 is 1.73 bits per heavy atom. The van der Waals surface area contributed by atoms with Gasteiger partial charge in [-0.15, -0.1) is 11.3 Å². The summed E-state index contributed by atoms with van der Waals surface area (Å²) in [5, 5.41) is 0.723. The lowest BCUT2D eigenvalue weighted by atomic mass is 10.0. The molecular weight excluding hydrogens is 360 g/mol. The Balaban J connectivity index is 1.96. The van der Waals surface area contributed by atoms with Crippen molar-refractivity contribution in [3.8, 4) is 11.1 Å². The van der Waals surface area contributed by atoms with Crippen LogP contribution in [0.1, 0.15) is 16.0 Å². The van der Waals surface area contributed by atoms with Crippen molar-refractivity contribution in [2.24, 2.45) is 0 Å². The van der Waals surface area contributed by atoms with Gasteiger partial charge in [0.1, 0.15) is 4.83 Å². The van der Waals surface area contributed by atoms with Crippen molar-refractivity contribution in [2.75, 3.05) is 0 Å². The Labute approximate surface area is 160 Å². The molecule has 0 aliphatic rings. The average Bonchev–Trinajstić information content (AvgIpc) is 2.96. The van der Waals surface area contributed by atoms with Crippen molar-refractivity contribution in [3.05, 3.63) is 85.7 Å². The largest absolute Gasteiger partial charge is 0.323 e. The fraction of sp³-hybridized carbons (Fsp3) is 0.143. The zero-order valence-corrected chi connectivity index (χ0v) is 16.2. The lowest BCUT2D eigenvalue weighted by Crippen LogP contribution is -2.22. The van der Waals surface area contributed by atoms with Gasteiger partial charge in [0.05, 0.1) is 11.9 Å². The monoisotopic (exact) mass is 378 g/mol. The Hall–Kier alpha value is -2.50. The van der Waals surface area contributed by atoms with Crippen molar-refractivity contribution in [3.63, 3.8) is 0 Å². The van der Waals surface area contributed by atoms with Crippen LogP contribution in [-0.4, -0.2) is 9.55 Å². The number of benzene rings is 2. The molecule has 0 radical (unpaired) electrons. The van der Waals surface area contributed by atoms with Gasteiger partial charge in [-0.05, 0) is 37.2 Å². The molecule has 2 aromatic carbocycles. The van der Waals surface area contributed by atoms with E-state index >= 15 is 0 Å². The van der Waals surface area contributed by atoms with E-state index in [2.05, 4.69) is 43.1 Å². The molecule has 0 atom stereocenters. The second kappa shape index (κ2) is 6.67. The van der Waals surface area contributed by atoms with Crippen LogP contribution in [0.3, 0.4) is 0 Å². The zero-order chi connectivity index (χ0) is 18.3. The van der Waals surface area contributed by atoms with E-state index in [1.807, 2.05) is 30.3 Å². The number of fused-ring (bicyclic) bond motifs is 1. The number of aromatic nitrogens is 2. The number of thiophene rings is 1. The van der Waals surface area contributed by atoms with Crippen LogP contribution in [0.4, 0.5) is 0 Å². The highest BCUT2D eigenvalue weighted by Gasteiger charge is 2.17. The molecule has 0 fully saturated rings. The molecule has 0 saturated carbocycles. The van der Waals surface area contributed by atoms with Crippen molar-refractivity contribution >= 4 is 33.8 Å². The van der Waals surface area contributed by atoms with E-state index in [1.54, 1.807) is 15.9 Å². The standard InChI is InChI=1S/C21H18N2OS2/c1-13-8-10-16(11-9-13)17-14(2)26-19-18(17)20(24)23(21(25)22-19)12-15-6-4-3-5-7-15/h3-11H,12H2,1-2H3,(H,22,25). The summed E-state index contributed by atoms with van der Waals surface area (Å²) in [6.45, 7) is 4.58. The maximum atomic E-state index is 13.3. The highest BCUT2D eigenvalue weighted by molar-refractivity contribution is 7.71. The van der Waals surface area contributed by atoms with Crippen LogP contribution >= 0.6 is 23.6 Å². The summed E-state index contributed by atoms with van der Waals surface area (Å²) in [4.78, 5) is 18.5. The van der Waals surface area contributed by atoms with Gasteiger partial charge in [-0.25, -0.2) is 0 Å². The minimum absolute atomic E-state index is 0.0347. The first kappa shape index (κ1) is 16.9. The highest BCUT2D eigenvalue weighted by atomic mass is 32.1. The third-order valence-electron chi connectivity index (χ3n) is 4.53. The Morgan fingerprint density at radius 3 is 2.42 bits per heavy atom. The molecule has 4 rings (SSSR count). The van der Waals surface area contributed by atoms with E-state index in [0.717, 1.165) is 31.8 Å². The normalized spacial score (nSPS) is 11.2. The number of nitrogens with zero attached hydrogens (tertiary/aromatic N) is 1. The molecule has 5 heteroatoms. The summed E-state index contributed by atoms with van der Waals surface area (Å²) >= 11 is 7.05. The van der Waals surface area contributed by atoms with Crippen molar-refractivity contribution in [1.82, 2.24) is 9.55 Å². The maximum Gasteiger partial charge on any atom is 0.263 e. The molecule has 0 unspecified atom stereocenters. The topological polar surface area (TPSA) is 37.8 Å². The Morgan fingerprint density at radius 1 is 1.04 bits per heavy atom. The van der Waals surface area contributed by atoms with Crippen molar-refractivity contribution < 1.29 is 0 Å². The first-order chi connectivity index (χ1) is 12.5. The number of aryl methyl sites for hydroxylation is 2. The van der Waals surface area contributed by atoms with Crippen molar-refractivity contribution in [1.29, 1.82) is 0 Å². The molecule has 0 aliphatic carbocycles. The predicted octanol–water partition coefficient (Wildman–Crippen LogP) is 5.45. The third kappa shape index (κ3) is 2.93. The minimum atomic E-state index is -0.0347. The molecule has 0 spiro atoms. The van der Waals surface area contributed by atoms with Crippen LogP contribution in [0, 0.1) is 18.6 Å². The molecule has 1 N–H and O–H groups in total. The van der Waals surface area contributed by atoms with E-state index in [1.165, 1.54) is 5.56 Å². The quantitative estimate of drug-likeness (QED) is 0.481. The molecular formula is C21H18N2OS2. The summed E-state index contributed by atoms with van der Waals surface area (Å²) in [7, 11) is 0. The predicted molar refractivity (Wildman–Crippen MR) is 112 cm³/mol. The summed E-state index contributed by atoms with van der Waals surface area (Å²) in [5.41, 5.74) is 4.29. The van der Waals surface area contributed by atoms with Crippen LogP contribution in [0.15, 0.2) is 59.4 Å². The summed E-state index contributed by atoms with van der Waals surface area (Å²) in [6.07, 6.45) is 0. The lowest BCUT2D eigenvalue weighted by molar-refractivity contribution is 0.735. The number of H-pyrrole nitrogens is 1. The Bertz CT molecular complexity index is 1200. The van der Waals surface area contributed by atoms with Crippen LogP contribution in [0.2, 0.25) is 0 Å². The molecule has 0 aliphatic heterocycles. The summed E-state index contributed by atoms with van der Waals surface area (Å²) in [5.74, 6) is 0. The summed E-state index contributed by atoms with van der Waals surface area (Å²) < 4.78 is 2.11. The molecule has 130 valence electrons. The van der Waals surface area contributed by atoms with Crippen LogP contribution in [0.25, 0.3) is 21.3 Å². The van der Waals surface area contributed by atoms with Gasteiger partial charge < -0.3 is 4.98 Å². The second-order valence-electron chi connectivity index (χ2n) is 6.41. The van der Waals surface area contributed by atoms with Gasteiger partial charge in [0, 0.05) is 10.4 Å². The van der Waals surface area contributed by atoms with E-state index in [0.29, 0.717) is 11.3 Å². The molecule has 4 aromatic rings. The Kier molecular flexibility index (Phi) is 4.34. The number of hydrogen-bond donors (Lipinski definition) is 1. The van der Waals surface area contributed by atoms with Crippen LogP contribution < -0.4 is 5.56 Å². The maximum absolute atomic E-state index is 13.3. The number of hydrogen-bond acceptors (Lipinski definition) is 3. The van der Waals surface area contributed by atoms with Gasteiger partial charge in [-0.1, -0.05) is 60.2 Å². The molecule has 0 amide bonds. The summed E-state index contributed by atoms with van der Waals surface area (Å²) in [6, 6.07) is 18.2. The number of nitrogens with one attached hydrogen (secondary N) is 1. The van der Waals surface area contributed by atoms with Gasteiger partial charge in [0.25, 0.3) is 5.56 Å². The molecule has 0 bridgehead atoms. The van der Waals surface area contributed by atoms with Crippen LogP contribution in [0.5, 0.6) is 0 Å². The van der Waals surface area contributed by atoms with Gasteiger partial charge in [0.15, 0.2) is 4.77 Å². The van der Waals surface area contributed by atoms with E-state index < -0.39 is 0 Å². The molecule has 2 heterocycles. The van der Waals surface area contributed by atoms with E-state index in [4.69, 9.17) is 12.2 Å². The third-order valence-corrected chi connectivity index (χ3v) is 5.88. The van der Waals surface area contributed by atoms with E-state index in [9.17, 15) is 4.79 Å². The number of rotatable bonds is 3. The van der Waals surface area contributed by atoms with Crippen molar-refractivity contribution in [2.45, 2.75) is 20.4 Å². The number of aromatic amines is 1. The highest BCUT2D eigenvalue weighted by Crippen LogP contribution is 2.35. The fourth-order valence-corrected chi connectivity index (χ4v) is 4.59. The molecule has 0 saturated heterocycles. The second-order valence-corrected chi connectivity index (χ2v) is 8.02. The van der Waals surface area contributed by atoms with Gasteiger partial charge >= 0.3 is 0 Å². The fourth-order valence-electron chi connectivity index (χ4n) is 3.21.